The number of H-pyrrole nitrogens is 1. The molecule has 2 aromatic rings. The normalized spacial score (nSPS) is 10.7. The quantitative estimate of drug-likeness (QED) is 0.848. The van der Waals surface area contributed by atoms with Gasteiger partial charge in [0.05, 0.1) is 5.69 Å². The Morgan fingerprint density at radius 2 is 2.15 bits per heavy atom. The maximum atomic E-state index is 11.1. The standard InChI is InChI=1S/C16H16N2O2/c1-3-10-20-15-7-5-4-6-13(15)8-9-14-12(2)11-16(19)18-17-14/h3-9,11H,1,10H2,2H3,(H,18,19)/b9-8+. The highest BCUT2D eigenvalue weighted by Gasteiger charge is 2.00. The number of aromatic nitrogens is 2. The first-order valence-corrected chi connectivity index (χ1v) is 6.28. The van der Waals surface area contributed by atoms with Crippen LogP contribution in [0.5, 0.6) is 5.75 Å². The molecule has 1 aromatic heterocycles. The van der Waals surface area contributed by atoms with Crippen LogP contribution in [0.3, 0.4) is 0 Å². The smallest absolute Gasteiger partial charge is 0.264 e. The van der Waals surface area contributed by atoms with Crippen LogP contribution in [-0.4, -0.2) is 16.8 Å². The van der Waals surface area contributed by atoms with E-state index in [1.54, 1.807) is 6.08 Å². The van der Waals surface area contributed by atoms with Gasteiger partial charge in [-0.1, -0.05) is 30.9 Å². The summed E-state index contributed by atoms with van der Waals surface area (Å²) in [4.78, 5) is 11.1. The van der Waals surface area contributed by atoms with Gasteiger partial charge in [-0.2, -0.15) is 5.10 Å². The summed E-state index contributed by atoms with van der Waals surface area (Å²) in [7, 11) is 0. The third kappa shape index (κ3) is 3.45. The second-order valence-electron chi connectivity index (χ2n) is 4.27. The lowest BCUT2D eigenvalue weighted by molar-refractivity contribution is 0.362. The average Bonchev–Trinajstić information content (AvgIpc) is 2.45. The van der Waals surface area contributed by atoms with Crippen LogP contribution < -0.4 is 10.3 Å². The van der Waals surface area contributed by atoms with Gasteiger partial charge in [-0.3, -0.25) is 4.79 Å². The number of nitrogens with zero attached hydrogens (tertiary/aromatic N) is 1. The molecule has 0 saturated heterocycles. The molecule has 4 nitrogen and oxygen atoms in total. The molecule has 0 radical (unpaired) electrons. The van der Waals surface area contributed by atoms with E-state index in [9.17, 15) is 4.79 Å². The Morgan fingerprint density at radius 3 is 2.90 bits per heavy atom. The molecular weight excluding hydrogens is 252 g/mol. The summed E-state index contributed by atoms with van der Waals surface area (Å²) in [6.07, 6.45) is 5.46. The van der Waals surface area contributed by atoms with Crippen LogP contribution in [0, 0.1) is 6.92 Å². The molecule has 0 fully saturated rings. The minimum atomic E-state index is -0.200. The number of para-hydroxylation sites is 1. The molecule has 2 rings (SSSR count). The van der Waals surface area contributed by atoms with Crippen molar-refractivity contribution in [3.05, 3.63) is 70.2 Å². The van der Waals surface area contributed by atoms with Crippen molar-refractivity contribution in [1.82, 2.24) is 10.2 Å². The largest absolute Gasteiger partial charge is 0.489 e. The van der Waals surface area contributed by atoms with Gasteiger partial charge in [-0.25, -0.2) is 5.10 Å². The first-order valence-electron chi connectivity index (χ1n) is 6.28. The number of nitrogens with one attached hydrogen (secondary N) is 1. The lowest BCUT2D eigenvalue weighted by atomic mass is 10.1. The van der Waals surface area contributed by atoms with Gasteiger partial charge in [0.15, 0.2) is 0 Å². The van der Waals surface area contributed by atoms with E-state index in [4.69, 9.17) is 4.74 Å². The molecule has 0 saturated carbocycles. The molecule has 1 N–H and O–H groups in total. The fraction of sp³-hybridized carbons (Fsp3) is 0.125. The molecule has 0 amide bonds. The van der Waals surface area contributed by atoms with E-state index >= 15 is 0 Å². The lowest BCUT2D eigenvalue weighted by Gasteiger charge is -2.06. The Hall–Kier alpha value is -2.62. The van der Waals surface area contributed by atoms with Crippen molar-refractivity contribution >= 4 is 12.2 Å². The lowest BCUT2D eigenvalue weighted by Crippen LogP contribution is -2.08. The van der Waals surface area contributed by atoms with E-state index in [0.29, 0.717) is 6.61 Å². The number of ether oxygens (including phenoxy) is 1. The van der Waals surface area contributed by atoms with E-state index < -0.39 is 0 Å². The molecule has 20 heavy (non-hydrogen) atoms. The zero-order chi connectivity index (χ0) is 14.4. The van der Waals surface area contributed by atoms with Crippen molar-refractivity contribution in [2.75, 3.05) is 6.61 Å². The van der Waals surface area contributed by atoms with Crippen molar-refractivity contribution in [3.8, 4) is 5.75 Å². The van der Waals surface area contributed by atoms with Crippen molar-refractivity contribution in [3.63, 3.8) is 0 Å². The third-order valence-corrected chi connectivity index (χ3v) is 2.73. The number of aromatic amines is 1. The minimum Gasteiger partial charge on any atom is -0.489 e. The van der Waals surface area contributed by atoms with Gasteiger partial charge >= 0.3 is 0 Å². The monoisotopic (exact) mass is 268 g/mol. The summed E-state index contributed by atoms with van der Waals surface area (Å²) in [5.74, 6) is 0.783. The van der Waals surface area contributed by atoms with Crippen LogP contribution in [0.2, 0.25) is 0 Å². The predicted octanol–water partition coefficient (Wildman–Crippen LogP) is 2.81. The molecule has 1 heterocycles. The zero-order valence-electron chi connectivity index (χ0n) is 11.3. The zero-order valence-corrected chi connectivity index (χ0v) is 11.3. The van der Waals surface area contributed by atoms with E-state index in [1.165, 1.54) is 6.07 Å². The van der Waals surface area contributed by atoms with Crippen LogP contribution in [0.25, 0.3) is 12.2 Å². The highest BCUT2D eigenvalue weighted by Crippen LogP contribution is 2.20. The van der Waals surface area contributed by atoms with E-state index in [2.05, 4.69) is 16.8 Å². The summed E-state index contributed by atoms with van der Waals surface area (Å²) in [6.45, 7) is 5.94. The Morgan fingerprint density at radius 1 is 1.35 bits per heavy atom. The number of hydrogen-bond donors (Lipinski definition) is 1. The van der Waals surface area contributed by atoms with Crippen molar-refractivity contribution in [2.24, 2.45) is 0 Å². The molecule has 0 aliphatic carbocycles. The molecule has 0 unspecified atom stereocenters. The summed E-state index contributed by atoms with van der Waals surface area (Å²) in [5.41, 5.74) is 2.30. The van der Waals surface area contributed by atoms with Crippen molar-refractivity contribution in [2.45, 2.75) is 6.92 Å². The third-order valence-electron chi connectivity index (χ3n) is 2.73. The Bertz CT molecular complexity index is 687. The van der Waals surface area contributed by atoms with Gasteiger partial charge in [0.2, 0.25) is 0 Å². The molecular formula is C16H16N2O2. The van der Waals surface area contributed by atoms with Gasteiger partial charge in [0.1, 0.15) is 12.4 Å². The van der Waals surface area contributed by atoms with Crippen molar-refractivity contribution in [1.29, 1.82) is 0 Å². The molecule has 4 heteroatoms. The fourth-order valence-corrected chi connectivity index (χ4v) is 1.74. The van der Waals surface area contributed by atoms with Crippen molar-refractivity contribution < 1.29 is 4.74 Å². The number of hydrogen-bond acceptors (Lipinski definition) is 3. The van der Waals surface area contributed by atoms with Gasteiger partial charge in [0, 0.05) is 11.6 Å². The van der Waals surface area contributed by atoms with E-state index in [0.717, 1.165) is 22.6 Å². The van der Waals surface area contributed by atoms with Gasteiger partial charge in [-0.05, 0) is 30.7 Å². The molecule has 0 atom stereocenters. The molecule has 0 bridgehead atoms. The molecule has 0 aliphatic rings. The maximum absolute atomic E-state index is 11.1. The average molecular weight is 268 g/mol. The molecule has 102 valence electrons. The Balaban J connectivity index is 2.26. The topological polar surface area (TPSA) is 55.0 Å². The number of benzene rings is 1. The van der Waals surface area contributed by atoms with Gasteiger partial charge < -0.3 is 4.74 Å². The Kier molecular flexibility index (Phi) is 4.50. The van der Waals surface area contributed by atoms with Gasteiger partial charge in [-0.15, -0.1) is 0 Å². The first kappa shape index (κ1) is 13.8. The molecule has 0 spiro atoms. The predicted molar refractivity (Wildman–Crippen MR) is 80.7 cm³/mol. The van der Waals surface area contributed by atoms with Crippen LogP contribution >= 0.6 is 0 Å². The van der Waals surface area contributed by atoms with Crippen LogP contribution in [0.15, 0.2) is 47.8 Å². The highest BCUT2D eigenvalue weighted by atomic mass is 16.5. The summed E-state index contributed by atoms with van der Waals surface area (Å²) in [6, 6.07) is 9.23. The van der Waals surface area contributed by atoms with Gasteiger partial charge in [0.25, 0.3) is 5.56 Å². The minimum absolute atomic E-state index is 0.200. The first-order chi connectivity index (χ1) is 9.70. The maximum Gasteiger partial charge on any atom is 0.264 e. The summed E-state index contributed by atoms with van der Waals surface area (Å²) in [5, 5.41) is 6.43. The SMILES string of the molecule is C=CCOc1ccccc1/C=C/c1n[nH]c(=O)cc1C. The second kappa shape index (κ2) is 6.52. The van der Waals surface area contributed by atoms with Crippen LogP contribution in [0.4, 0.5) is 0 Å². The van der Waals surface area contributed by atoms with E-state index in [-0.39, 0.29) is 5.56 Å². The summed E-state index contributed by atoms with van der Waals surface area (Å²) < 4.78 is 5.58. The Labute approximate surface area is 117 Å². The summed E-state index contributed by atoms with van der Waals surface area (Å²) >= 11 is 0. The van der Waals surface area contributed by atoms with E-state index in [1.807, 2.05) is 43.3 Å². The highest BCUT2D eigenvalue weighted by molar-refractivity contribution is 5.72. The molecule has 1 aromatic carbocycles. The number of rotatable bonds is 5. The second-order valence-corrected chi connectivity index (χ2v) is 4.27. The molecule has 0 aliphatic heterocycles. The van der Waals surface area contributed by atoms with Crippen LogP contribution in [0.1, 0.15) is 16.8 Å². The van der Waals surface area contributed by atoms with Crippen LogP contribution in [-0.2, 0) is 0 Å². The number of aryl methyl sites for hydroxylation is 1. The fourth-order valence-electron chi connectivity index (χ4n) is 1.74.